The molecule has 3 unspecified atom stereocenters. The van der Waals surface area contributed by atoms with Crippen LogP contribution in [0.1, 0.15) is 139 Å². The van der Waals surface area contributed by atoms with Crippen molar-refractivity contribution in [1.82, 2.24) is 0 Å². The Morgan fingerprint density at radius 2 is 1.66 bits per heavy atom. The van der Waals surface area contributed by atoms with Gasteiger partial charge in [0.15, 0.2) is 5.78 Å². The largest absolute Gasteiger partial charge is 0.300 e. The number of Topliss-reactive ketones (excluding diaryl/α,β-unsaturated/α-hetero) is 4. The van der Waals surface area contributed by atoms with Crippen LogP contribution in [-0.4, -0.2) is 23.1 Å². The van der Waals surface area contributed by atoms with E-state index in [2.05, 4.69) is 65.0 Å². The van der Waals surface area contributed by atoms with E-state index in [9.17, 15) is 19.2 Å². The van der Waals surface area contributed by atoms with Crippen LogP contribution in [0.2, 0.25) is 0 Å². The first kappa shape index (κ1) is 35.6. The van der Waals surface area contributed by atoms with Crippen molar-refractivity contribution in [3.63, 3.8) is 0 Å². The van der Waals surface area contributed by atoms with Gasteiger partial charge in [-0.25, -0.2) is 0 Å². The fraction of sp³-hybridized carbons (Fsp3) is 0.600. The molecule has 4 heteroatoms. The maximum Gasteiger partial charge on any atom is 0.163 e. The normalized spacial score (nSPS) is 16.4. The number of rotatable bonds is 16. The first-order chi connectivity index (χ1) is 20.8. The fourth-order valence-corrected chi connectivity index (χ4v) is 7.50. The highest BCUT2D eigenvalue weighted by Gasteiger charge is 2.34. The summed E-state index contributed by atoms with van der Waals surface area (Å²) in [6.07, 6.45) is 8.67. The van der Waals surface area contributed by atoms with Crippen LogP contribution in [0.3, 0.4) is 0 Å². The second-order valence-corrected chi connectivity index (χ2v) is 14.6. The molecule has 0 N–H and O–H groups in total. The van der Waals surface area contributed by atoms with Gasteiger partial charge in [0.25, 0.3) is 0 Å². The lowest BCUT2D eigenvalue weighted by atomic mass is 9.71. The molecule has 0 spiro atoms. The second kappa shape index (κ2) is 15.9. The van der Waals surface area contributed by atoms with Gasteiger partial charge in [-0.05, 0) is 96.6 Å². The lowest BCUT2D eigenvalue weighted by molar-refractivity contribution is -0.130. The van der Waals surface area contributed by atoms with Crippen LogP contribution >= 0.6 is 0 Å². The minimum atomic E-state index is -0.137. The molecule has 0 amide bonds. The zero-order valence-corrected chi connectivity index (χ0v) is 28.7. The van der Waals surface area contributed by atoms with Crippen LogP contribution in [0.15, 0.2) is 30.3 Å². The van der Waals surface area contributed by atoms with Crippen molar-refractivity contribution in [2.24, 2.45) is 23.2 Å². The summed E-state index contributed by atoms with van der Waals surface area (Å²) in [4.78, 5) is 51.3. The molecule has 0 bridgehead atoms. The highest BCUT2D eigenvalue weighted by molar-refractivity contribution is 6.02. The molecule has 2 aromatic rings. The minimum absolute atomic E-state index is 0.00660. The van der Waals surface area contributed by atoms with Crippen LogP contribution in [0, 0.1) is 30.1 Å². The summed E-state index contributed by atoms with van der Waals surface area (Å²) in [5, 5.41) is 0. The van der Waals surface area contributed by atoms with Crippen LogP contribution in [-0.2, 0) is 33.6 Å². The number of hydrogen-bond acceptors (Lipinski definition) is 4. The van der Waals surface area contributed by atoms with Crippen LogP contribution < -0.4 is 0 Å². The molecular weight excluding hydrogens is 544 g/mol. The molecule has 0 saturated carbocycles. The first-order valence-corrected chi connectivity index (χ1v) is 17.1. The van der Waals surface area contributed by atoms with Gasteiger partial charge < -0.3 is 0 Å². The molecular formula is C40H56O4. The number of hydrogen-bond donors (Lipinski definition) is 0. The molecule has 0 heterocycles. The summed E-state index contributed by atoms with van der Waals surface area (Å²) in [5.74, 6) is 0.689. The van der Waals surface area contributed by atoms with Gasteiger partial charge in [-0.1, -0.05) is 91.1 Å². The summed E-state index contributed by atoms with van der Waals surface area (Å²) in [6, 6.07) is 10.9. The van der Waals surface area contributed by atoms with Crippen molar-refractivity contribution in [2.75, 3.05) is 0 Å². The number of ketones is 4. The smallest absolute Gasteiger partial charge is 0.163 e. The molecule has 3 atom stereocenters. The van der Waals surface area contributed by atoms with Crippen molar-refractivity contribution < 1.29 is 19.2 Å². The molecule has 44 heavy (non-hydrogen) atoms. The van der Waals surface area contributed by atoms with Gasteiger partial charge in [0.2, 0.25) is 0 Å². The summed E-state index contributed by atoms with van der Waals surface area (Å²) in [5.41, 5.74) is 7.77. The third-order valence-electron chi connectivity index (χ3n) is 9.35. The summed E-state index contributed by atoms with van der Waals surface area (Å²) in [7, 11) is 0. The molecule has 4 nitrogen and oxygen atoms in total. The Morgan fingerprint density at radius 1 is 0.932 bits per heavy atom. The maximum atomic E-state index is 13.7. The Morgan fingerprint density at radius 3 is 2.27 bits per heavy atom. The minimum Gasteiger partial charge on any atom is -0.300 e. The first-order valence-electron chi connectivity index (χ1n) is 17.1. The van der Waals surface area contributed by atoms with Gasteiger partial charge in [-0.3, -0.25) is 19.2 Å². The Bertz CT molecular complexity index is 1340. The van der Waals surface area contributed by atoms with E-state index in [1.54, 1.807) is 0 Å². The van der Waals surface area contributed by atoms with Crippen LogP contribution in [0.4, 0.5) is 0 Å². The lowest BCUT2D eigenvalue weighted by Gasteiger charge is -2.32. The number of benzene rings is 2. The highest BCUT2D eigenvalue weighted by Crippen LogP contribution is 2.40. The number of aryl methyl sites for hydroxylation is 3. The average molecular weight is 601 g/mol. The number of carbonyl (C=O) groups is 4. The predicted molar refractivity (Wildman–Crippen MR) is 181 cm³/mol. The zero-order valence-electron chi connectivity index (χ0n) is 28.7. The van der Waals surface area contributed by atoms with E-state index in [-0.39, 0.29) is 46.9 Å². The molecule has 1 aliphatic rings. The molecule has 1 aliphatic carbocycles. The Kier molecular flexibility index (Phi) is 12.9. The molecule has 0 aromatic heterocycles. The maximum absolute atomic E-state index is 13.7. The van der Waals surface area contributed by atoms with Gasteiger partial charge in [-0.2, -0.15) is 0 Å². The van der Waals surface area contributed by atoms with Gasteiger partial charge in [0.1, 0.15) is 17.3 Å². The van der Waals surface area contributed by atoms with Crippen molar-refractivity contribution >= 4 is 23.1 Å². The third-order valence-corrected chi connectivity index (χ3v) is 9.35. The molecule has 3 rings (SSSR count). The Hall–Kier alpha value is -2.88. The zero-order chi connectivity index (χ0) is 32.6. The molecule has 0 aliphatic heterocycles. The molecule has 0 saturated heterocycles. The SMILES string of the molecule is CCCc1ccc(-c2ccc(C)c3c2CC(CC(CCC)C(CC)C(=O)CC(C)=O)CC3=O)cc1CCC(=O)CC(C)(C)C. The van der Waals surface area contributed by atoms with E-state index in [1.807, 2.05) is 13.8 Å². The Balaban J connectivity index is 1.96. The molecule has 2 aromatic carbocycles. The molecule has 0 fully saturated rings. The van der Waals surface area contributed by atoms with Crippen LogP contribution in [0.25, 0.3) is 11.1 Å². The van der Waals surface area contributed by atoms with E-state index < -0.39 is 0 Å². The molecule has 0 radical (unpaired) electrons. The summed E-state index contributed by atoms with van der Waals surface area (Å²) >= 11 is 0. The van der Waals surface area contributed by atoms with Crippen molar-refractivity contribution in [1.29, 1.82) is 0 Å². The van der Waals surface area contributed by atoms with Crippen molar-refractivity contribution in [2.45, 2.75) is 132 Å². The summed E-state index contributed by atoms with van der Waals surface area (Å²) < 4.78 is 0. The van der Waals surface area contributed by atoms with E-state index in [4.69, 9.17) is 0 Å². The van der Waals surface area contributed by atoms with E-state index in [0.717, 1.165) is 79.2 Å². The van der Waals surface area contributed by atoms with E-state index in [1.165, 1.54) is 18.1 Å². The number of fused-ring (bicyclic) bond motifs is 1. The van der Waals surface area contributed by atoms with Gasteiger partial charge in [0, 0.05) is 30.7 Å². The topological polar surface area (TPSA) is 68.3 Å². The molecule has 240 valence electrons. The highest BCUT2D eigenvalue weighted by atomic mass is 16.1. The third kappa shape index (κ3) is 9.56. The van der Waals surface area contributed by atoms with Gasteiger partial charge in [0.05, 0.1) is 6.42 Å². The standard InChI is InChI=1S/C40H56O4/c1-9-12-29-15-16-32(24-30(29)17-18-33(42)25-40(6,7)8)35-19-14-26(4)39-36(35)22-28(23-38(39)44)21-31(13-10-2)34(11-3)37(43)20-27(5)41/h14-16,19,24,28,31,34H,9-13,17-18,20-23,25H2,1-8H3. The summed E-state index contributed by atoms with van der Waals surface area (Å²) in [6.45, 7) is 16.2. The quantitative estimate of drug-likeness (QED) is 0.180. The van der Waals surface area contributed by atoms with Crippen molar-refractivity contribution in [3.05, 3.63) is 58.1 Å². The van der Waals surface area contributed by atoms with E-state index in [0.29, 0.717) is 25.0 Å². The van der Waals surface area contributed by atoms with Crippen LogP contribution in [0.5, 0.6) is 0 Å². The van der Waals surface area contributed by atoms with Gasteiger partial charge >= 0.3 is 0 Å². The number of carbonyl (C=O) groups excluding carboxylic acids is 4. The second-order valence-electron chi connectivity index (χ2n) is 14.6. The lowest BCUT2D eigenvalue weighted by Crippen LogP contribution is -2.30. The van der Waals surface area contributed by atoms with E-state index >= 15 is 0 Å². The predicted octanol–water partition coefficient (Wildman–Crippen LogP) is 9.68. The van der Waals surface area contributed by atoms with Crippen molar-refractivity contribution in [3.8, 4) is 11.1 Å². The Labute approximate surface area is 266 Å². The fourth-order valence-electron chi connectivity index (χ4n) is 7.50. The average Bonchev–Trinajstić information content (AvgIpc) is 2.92. The monoisotopic (exact) mass is 600 g/mol. The van der Waals surface area contributed by atoms with Gasteiger partial charge in [-0.15, -0.1) is 0 Å².